The highest BCUT2D eigenvalue weighted by atomic mass is 16.5. The van der Waals surface area contributed by atoms with E-state index in [0.717, 1.165) is 16.6 Å². The maximum Gasteiger partial charge on any atom is 0.374 e. The lowest BCUT2D eigenvalue weighted by molar-refractivity contribution is 0.0652. The summed E-state index contributed by atoms with van der Waals surface area (Å²) in [5, 5.41) is 22.9. The molecule has 1 aromatic carbocycles. The van der Waals surface area contributed by atoms with E-state index in [4.69, 9.17) is 9.63 Å². The second-order valence-electron chi connectivity index (χ2n) is 4.21. The fourth-order valence-corrected chi connectivity index (χ4v) is 2.08. The van der Waals surface area contributed by atoms with E-state index in [2.05, 4.69) is 5.16 Å². The largest absolute Gasteiger partial charge is 0.508 e. The van der Waals surface area contributed by atoms with E-state index < -0.39 is 5.97 Å². The zero-order valence-electron chi connectivity index (χ0n) is 9.99. The van der Waals surface area contributed by atoms with Crippen molar-refractivity contribution in [2.75, 3.05) is 0 Å². The van der Waals surface area contributed by atoms with Gasteiger partial charge in [0.25, 0.3) is 0 Å². The third kappa shape index (κ3) is 1.74. The minimum absolute atomic E-state index is 0.177. The Balaban J connectivity index is 2.18. The lowest BCUT2D eigenvalue weighted by Crippen LogP contribution is -1.92. The van der Waals surface area contributed by atoms with Gasteiger partial charge in [-0.2, -0.15) is 0 Å². The number of hydrogen-bond donors (Lipinski definition) is 2. The van der Waals surface area contributed by atoms with Crippen molar-refractivity contribution in [3.05, 3.63) is 36.1 Å². The standard InChI is InChI=1S/C13H10N2O4/c1-15-10-3-2-8(16)4-7(10)5-11(15)9-6-12(13(17)18)19-14-9/h2-6,16H,1H3,(H,17,18). The van der Waals surface area contributed by atoms with Gasteiger partial charge in [0.2, 0.25) is 5.76 Å². The number of nitrogens with zero attached hydrogens (tertiary/aromatic N) is 2. The minimum atomic E-state index is -1.16. The van der Waals surface area contributed by atoms with Crippen LogP contribution in [-0.4, -0.2) is 25.9 Å². The number of phenols is 1. The molecule has 0 unspecified atom stereocenters. The van der Waals surface area contributed by atoms with Gasteiger partial charge in [-0.1, -0.05) is 5.16 Å². The van der Waals surface area contributed by atoms with Crippen molar-refractivity contribution in [1.82, 2.24) is 9.72 Å². The van der Waals surface area contributed by atoms with Crippen molar-refractivity contribution in [2.24, 2.45) is 7.05 Å². The molecular weight excluding hydrogens is 248 g/mol. The van der Waals surface area contributed by atoms with Crippen LogP contribution in [0.2, 0.25) is 0 Å². The number of aromatic carboxylic acids is 1. The van der Waals surface area contributed by atoms with Crippen molar-refractivity contribution >= 4 is 16.9 Å². The van der Waals surface area contributed by atoms with Gasteiger partial charge in [0, 0.05) is 24.0 Å². The molecule has 0 saturated heterocycles. The number of fused-ring (bicyclic) bond motifs is 1. The molecule has 0 bridgehead atoms. The highest BCUT2D eigenvalue weighted by Crippen LogP contribution is 2.29. The van der Waals surface area contributed by atoms with E-state index in [0.29, 0.717) is 5.69 Å². The van der Waals surface area contributed by atoms with Gasteiger partial charge in [-0.3, -0.25) is 0 Å². The van der Waals surface area contributed by atoms with Crippen LogP contribution in [0.15, 0.2) is 34.9 Å². The topological polar surface area (TPSA) is 88.5 Å². The molecule has 0 aliphatic rings. The monoisotopic (exact) mass is 258 g/mol. The van der Waals surface area contributed by atoms with E-state index in [1.165, 1.54) is 6.07 Å². The lowest BCUT2D eigenvalue weighted by atomic mass is 10.2. The highest BCUT2D eigenvalue weighted by molar-refractivity contribution is 5.89. The normalized spacial score (nSPS) is 11.0. The van der Waals surface area contributed by atoms with Crippen molar-refractivity contribution in [3.63, 3.8) is 0 Å². The van der Waals surface area contributed by atoms with Crippen molar-refractivity contribution in [1.29, 1.82) is 0 Å². The molecule has 6 nitrogen and oxygen atoms in total. The fraction of sp³-hybridized carbons (Fsp3) is 0.0769. The van der Waals surface area contributed by atoms with Crippen LogP contribution < -0.4 is 0 Å². The van der Waals surface area contributed by atoms with Crippen LogP contribution in [0.5, 0.6) is 5.75 Å². The average molecular weight is 258 g/mol. The fourth-order valence-electron chi connectivity index (χ4n) is 2.08. The van der Waals surface area contributed by atoms with Crippen molar-refractivity contribution < 1.29 is 19.5 Å². The Bertz CT molecular complexity index is 785. The minimum Gasteiger partial charge on any atom is -0.508 e. The van der Waals surface area contributed by atoms with Gasteiger partial charge in [0.15, 0.2) is 0 Å². The molecule has 0 radical (unpaired) electrons. The molecule has 0 atom stereocenters. The second kappa shape index (κ2) is 3.88. The first-order valence-corrected chi connectivity index (χ1v) is 5.55. The van der Waals surface area contributed by atoms with Crippen LogP contribution in [0.1, 0.15) is 10.6 Å². The summed E-state index contributed by atoms with van der Waals surface area (Å²) in [7, 11) is 1.84. The molecule has 19 heavy (non-hydrogen) atoms. The third-order valence-electron chi connectivity index (χ3n) is 3.01. The lowest BCUT2D eigenvalue weighted by Gasteiger charge is -2.00. The maximum atomic E-state index is 10.8. The summed E-state index contributed by atoms with van der Waals surface area (Å²) >= 11 is 0. The SMILES string of the molecule is Cn1c(-c2cc(C(=O)O)on2)cc2cc(O)ccc21. The zero-order chi connectivity index (χ0) is 13.6. The maximum absolute atomic E-state index is 10.8. The molecule has 3 aromatic rings. The summed E-state index contributed by atoms with van der Waals surface area (Å²) in [5.41, 5.74) is 2.07. The predicted molar refractivity (Wildman–Crippen MR) is 67.0 cm³/mol. The summed E-state index contributed by atoms with van der Waals surface area (Å²) in [6.45, 7) is 0. The van der Waals surface area contributed by atoms with Crippen molar-refractivity contribution in [3.8, 4) is 17.1 Å². The summed E-state index contributed by atoms with van der Waals surface area (Å²) in [6, 6.07) is 8.20. The number of phenolic OH excluding ortho intramolecular Hbond substituents is 1. The number of carbonyl (C=O) groups is 1. The number of benzene rings is 1. The van der Waals surface area contributed by atoms with E-state index in [9.17, 15) is 9.90 Å². The first kappa shape index (κ1) is 11.3. The molecule has 96 valence electrons. The molecule has 0 amide bonds. The third-order valence-corrected chi connectivity index (χ3v) is 3.01. The molecule has 2 heterocycles. The summed E-state index contributed by atoms with van der Waals surface area (Å²) < 4.78 is 6.60. The van der Waals surface area contributed by atoms with E-state index in [1.54, 1.807) is 18.2 Å². The number of aromatic hydroxyl groups is 1. The van der Waals surface area contributed by atoms with Crippen molar-refractivity contribution in [2.45, 2.75) is 0 Å². The van der Waals surface area contributed by atoms with Gasteiger partial charge in [0.05, 0.1) is 5.69 Å². The number of rotatable bonds is 2. The number of aromatic nitrogens is 2. The molecule has 0 saturated carbocycles. The number of aryl methyl sites for hydroxylation is 1. The Morgan fingerprint density at radius 2 is 2.11 bits per heavy atom. The zero-order valence-corrected chi connectivity index (χ0v) is 9.99. The van der Waals surface area contributed by atoms with Gasteiger partial charge in [-0.15, -0.1) is 0 Å². The van der Waals surface area contributed by atoms with Crippen LogP contribution in [0.3, 0.4) is 0 Å². The Morgan fingerprint density at radius 3 is 2.79 bits per heavy atom. The molecule has 0 spiro atoms. The summed E-state index contributed by atoms with van der Waals surface area (Å²) in [4.78, 5) is 10.8. The second-order valence-corrected chi connectivity index (χ2v) is 4.21. The molecule has 3 rings (SSSR count). The molecular formula is C13H10N2O4. The first-order chi connectivity index (χ1) is 9.06. The van der Waals surface area contributed by atoms with Gasteiger partial charge in [-0.25, -0.2) is 4.79 Å². The number of carboxylic acid groups (broad SMARTS) is 1. The Hall–Kier alpha value is -2.76. The van der Waals surface area contributed by atoms with E-state index >= 15 is 0 Å². The molecule has 6 heteroatoms. The smallest absolute Gasteiger partial charge is 0.374 e. The van der Waals surface area contributed by atoms with Crippen LogP contribution >= 0.6 is 0 Å². The molecule has 0 aliphatic heterocycles. The number of carboxylic acids is 1. The van der Waals surface area contributed by atoms with Crippen LogP contribution in [0.4, 0.5) is 0 Å². The van der Waals surface area contributed by atoms with Crippen LogP contribution in [0.25, 0.3) is 22.3 Å². The Labute approximate surface area is 107 Å². The Morgan fingerprint density at radius 1 is 1.32 bits per heavy atom. The van der Waals surface area contributed by atoms with Crippen LogP contribution in [0, 0.1) is 0 Å². The molecule has 0 aliphatic carbocycles. The van der Waals surface area contributed by atoms with Gasteiger partial charge in [-0.05, 0) is 24.3 Å². The first-order valence-electron chi connectivity index (χ1n) is 5.55. The number of hydrogen-bond acceptors (Lipinski definition) is 4. The molecule has 2 N–H and O–H groups in total. The Kier molecular flexibility index (Phi) is 2.31. The molecule has 0 fully saturated rings. The highest BCUT2D eigenvalue weighted by Gasteiger charge is 2.16. The van der Waals surface area contributed by atoms with E-state index in [1.807, 2.05) is 17.7 Å². The summed E-state index contributed by atoms with van der Waals surface area (Å²) in [6.07, 6.45) is 0. The van der Waals surface area contributed by atoms with Crippen LogP contribution in [-0.2, 0) is 7.05 Å². The van der Waals surface area contributed by atoms with Gasteiger partial charge < -0.3 is 19.3 Å². The molecule has 2 aromatic heterocycles. The van der Waals surface area contributed by atoms with E-state index in [-0.39, 0.29) is 11.5 Å². The van der Waals surface area contributed by atoms with Gasteiger partial charge in [0.1, 0.15) is 11.4 Å². The van der Waals surface area contributed by atoms with Gasteiger partial charge >= 0.3 is 5.97 Å². The summed E-state index contributed by atoms with van der Waals surface area (Å²) in [5.74, 6) is -1.19. The average Bonchev–Trinajstić information content (AvgIpc) is 2.94. The predicted octanol–water partition coefficient (Wildman–Crippen LogP) is 2.24. The quantitative estimate of drug-likeness (QED) is 0.735.